The topological polar surface area (TPSA) is 111 Å². The van der Waals surface area contributed by atoms with Gasteiger partial charge in [-0.1, -0.05) is 0 Å². The van der Waals surface area contributed by atoms with Gasteiger partial charge in [0.1, 0.15) is 5.75 Å². The van der Waals surface area contributed by atoms with Crippen molar-refractivity contribution in [2.24, 2.45) is 0 Å². The third-order valence-corrected chi connectivity index (χ3v) is 6.87. The molecule has 32 heavy (non-hydrogen) atoms. The standard InChI is InChI=1S/C22H26N2O7S/c1-14-12-24(13-15(2)31-14)32(27,28)18-8-5-16(6-9-18)21(25)23-20-10-7-17(29-3)11-19(20)22(26)30-4/h5-11,14-15H,12-13H2,1-4H3,(H,23,25). The van der Waals surface area contributed by atoms with Crippen molar-refractivity contribution >= 4 is 27.6 Å². The van der Waals surface area contributed by atoms with Crippen LogP contribution in [0.25, 0.3) is 0 Å². The molecule has 0 saturated carbocycles. The summed E-state index contributed by atoms with van der Waals surface area (Å²) in [6.07, 6.45) is -0.404. The van der Waals surface area contributed by atoms with Crippen LogP contribution < -0.4 is 10.1 Å². The van der Waals surface area contributed by atoms with E-state index in [1.54, 1.807) is 6.07 Å². The van der Waals surface area contributed by atoms with Crippen LogP contribution in [-0.4, -0.2) is 64.1 Å². The van der Waals surface area contributed by atoms with E-state index in [-0.39, 0.29) is 47.0 Å². The highest BCUT2D eigenvalue weighted by Crippen LogP contribution is 2.25. The van der Waals surface area contributed by atoms with Gasteiger partial charge in [0.25, 0.3) is 5.91 Å². The maximum atomic E-state index is 13.0. The maximum absolute atomic E-state index is 13.0. The minimum absolute atomic E-state index is 0.0926. The van der Waals surface area contributed by atoms with E-state index >= 15 is 0 Å². The van der Waals surface area contributed by atoms with Crippen LogP contribution in [-0.2, 0) is 19.5 Å². The number of hydrogen-bond acceptors (Lipinski definition) is 7. The largest absolute Gasteiger partial charge is 0.497 e. The molecule has 1 aliphatic rings. The summed E-state index contributed by atoms with van der Waals surface area (Å²) in [5.74, 6) is -0.697. The van der Waals surface area contributed by atoms with Gasteiger partial charge in [-0.3, -0.25) is 4.79 Å². The number of nitrogens with one attached hydrogen (secondary N) is 1. The molecule has 1 amide bonds. The molecule has 9 nitrogen and oxygen atoms in total. The molecule has 1 aliphatic heterocycles. The van der Waals surface area contributed by atoms with Gasteiger partial charge in [-0.2, -0.15) is 4.31 Å². The molecule has 3 rings (SSSR count). The third-order valence-electron chi connectivity index (χ3n) is 5.02. The van der Waals surface area contributed by atoms with E-state index in [0.717, 1.165) is 0 Å². The summed E-state index contributed by atoms with van der Waals surface area (Å²) < 4.78 is 42.8. The molecule has 2 atom stereocenters. The van der Waals surface area contributed by atoms with Gasteiger partial charge in [0.15, 0.2) is 0 Å². The molecule has 10 heteroatoms. The van der Waals surface area contributed by atoms with E-state index in [9.17, 15) is 18.0 Å². The normalized spacial score (nSPS) is 19.2. The fourth-order valence-electron chi connectivity index (χ4n) is 3.49. The van der Waals surface area contributed by atoms with Crippen molar-refractivity contribution < 1.29 is 32.2 Å². The number of rotatable bonds is 6. The summed E-state index contributed by atoms with van der Waals surface area (Å²) in [4.78, 5) is 24.9. The average molecular weight is 463 g/mol. The molecule has 0 aliphatic carbocycles. The Morgan fingerprint density at radius 3 is 2.22 bits per heavy atom. The minimum atomic E-state index is -3.71. The molecule has 0 aromatic heterocycles. The smallest absolute Gasteiger partial charge is 0.340 e. The first-order valence-electron chi connectivity index (χ1n) is 9.99. The average Bonchev–Trinajstić information content (AvgIpc) is 2.78. The van der Waals surface area contributed by atoms with Gasteiger partial charge in [-0.05, 0) is 56.3 Å². The Balaban J connectivity index is 1.79. The second kappa shape index (κ2) is 9.68. The Bertz CT molecular complexity index is 1090. The molecular formula is C22H26N2O7S. The van der Waals surface area contributed by atoms with E-state index in [4.69, 9.17) is 14.2 Å². The first-order valence-corrected chi connectivity index (χ1v) is 11.4. The molecule has 2 unspecified atom stereocenters. The Hall–Kier alpha value is -2.95. The lowest BCUT2D eigenvalue weighted by molar-refractivity contribution is -0.0440. The van der Waals surface area contributed by atoms with Crippen LogP contribution in [0.3, 0.4) is 0 Å². The van der Waals surface area contributed by atoms with Gasteiger partial charge in [0.05, 0.1) is 42.6 Å². The molecule has 2 aromatic rings. The van der Waals surface area contributed by atoms with Gasteiger partial charge in [0, 0.05) is 18.7 Å². The number of carbonyl (C=O) groups excluding carboxylic acids is 2. The first kappa shape index (κ1) is 23.7. The molecule has 2 aromatic carbocycles. The number of methoxy groups -OCH3 is 2. The summed E-state index contributed by atoms with van der Waals surface area (Å²) in [5.41, 5.74) is 0.616. The fourth-order valence-corrected chi connectivity index (χ4v) is 5.08. The zero-order chi connectivity index (χ0) is 23.5. The van der Waals surface area contributed by atoms with Crippen molar-refractivity contribution in [1.29, 1.82) is 0 Å². The second-order valence-electron chi connectivity index (χ2n) is 7.46. The van der Waals surface area contributed by atoms with Crippen molar-refractivity contribution in [2.45, 2.75) is 31.0 Å². The minimum Gasteiger partial charge on any atom is -0.497 e. The summed E-state index contributed by atoms with van der Waals surface area (Å²) in [5, 5.41) is 2.65. The van der Waals surface area contributed by atoms with E-state index in [1.807, 2.05) is 13.8 Å². The van der Waals surface area contributed by atoms with Crippen molar-refractivity contribution in [3.8, 4) is 5.75 Å². The number of morpholine rings is 1. The highest BCUT2D eigenvalue weighted by Gasteiger charge is 2.32. The quantitative estimate of drug-likeness (QED) is 0.657. The molecule has 0 radical (unpaired) electrons. The van der Waals surface area contributed by atoms with Crippen molar-refractivity contribution in [3.05, 3.63) is 53.6 Å². The number of amides is 1. The summed E-state index contributed by atoms with van der Waals surface area (Å²) in [6, 6.07) is 10.2. The van der Waals surface area contributed by atoms with Gasteiger partial charge in [-0.15, -0.1) is 0 Å². The number of anilines is 1. The Kier molecular flexibility index (Phi) is 7.17. The zero-order valence-corrected chi connectivity index (χ0v) is 19.1. The lowest BCUT2D eigenvalue weighted by Gasteiger charge is -2.34. The van der Waals surface area contributed by atoms with Crippen molar-refractivity contribution in [3.63, 3.8) is 0 Å². The van der Waals surface area contributed by atoms with Crippen LogP contribution in [0.4, 0.5) is 5.69 Å². The number of ether oxygens (including phenoxy) is 3. The Morgan fingerprint density at radius 2 is 1.66 bits per heavy atom. The molecule has 0 bridgehead atoms. The van der Waals surface area contributed by atoms with Gasteiger partial charge in [0.2, 0.25) is 10.0 Å². The predicted octanol–water partition coefficient (Wildman–Crippen LogP) is 2.53. The van der Waals surface area contributed by atoms with Gasteiger partial charge < -0.3 is 19.5 Å². The maximum Gasteiger partial charge on any atom is 0.340 e. The van der Waals surface area contributed by atoms with Crippen LogP contribution in [0.5, 0.6) is 5.75 Å². The lowest BCUT2D eigenvalue weighted by Crippen LogP contribution is -2.48. The third kappa shape index (κ3) is 5.09. The second-order valence-corrected chi connectivity index (χ2v) is 9.40. The summed E-state index contributed by atoms with van der Waals surface area (Å²) >= 11 is 0. The number of benzene rings is 2. The van der Waals surface area contributed by atoms with Crippen LogP contribution in [0.15, 0.2) is 47.4 Å². The number of sulfonamides is 1. The number of hydrogen-bond donors (Lipinski definition) is 1. The Morgan fingerprint density at radius 1 is 1.03 bits per heavy atom. The number of nitrogens with zero attached hydrogens (tertiary/aromatic N) is 1. The molecule has 1 heterocycles. The van der Waals surface area contributed by atoms with E-state index in [1.165, 1.54) is 54.9 Å². The fraction of sp³-hybridized carbons (Fsp3) is 0.364. The lowest BCUT2D eigenvalue weighted by atomic mass is 10.1. The van der Waals surface area contributed by atoms with Crippen LogP contribution in [0, 0.1) is 0 Å². The predicted molar refractivity (Wildman–Crippen MR) is 117 cm³/mol. The number of carbonyl (C=O) groups is 2. The van der Waals surface area contributed by atoms with Crippen molar-refractivity contribution in [1.82, 2.24) is 4.31 Å². The monoisotopic (exact) mass is 462 g/mol. The van der Waals surface area contributed by atoms with Crippen molar-refractivity contribution in [2.75, 3.05) is 32.6 Å². The SMILES string of the molecule is COC(=O)c1cc(OC)ccc1NC(=O)c1ccc(S(=O)(=O)N2CC(C)OC(C)C2)cc1. The van der Waals surface area contributed by atoms with E-state index < -0.39 is 21.9 Å². The van der Waals surface area contributed by atoms with Gasteiger partial charge in [-0.25, -0.2) is 13.2 Å². The molecule has 1 N–H and O–H groups in total. The van der Waals surface area contributed by atoms with Crippen LogP contribution in [0.2, 0.25) is 0 Å². The first-order chi connectivity index (χ1) is 15.1. The van der Waals surface area contributed by atoms with Gasteiger partial charge >= 0.3 is 5.97 Å². The molecular weight excluding hydrogens is 436 g/mol. The highest BCUT2D eigenvalue weighted by molar-refractivity contribution is 7.89. The molecule has 0 spiro atoms. The number of esters is 1. The summed E-state index contributed by atoms with van der Waals surface area (Å²) in [7, 11) is -1.01. The van der Waals surface area contributed by atoms with E-state index in [2.05, 4.69) is 5.32 Å². The highest BCUT2D eigenvalue weighted by atomic mass is 32.2. The summed E-state index contributed by atoms with van der Waals surface area (Å²) in [6.45, 7) is 4.19. The Labute approximate surface area is 187 Å². The van der Waals surface area contributed by atoms with Crippen LogP contribution >= 0.6 is 0 Å². The zero-order valence-electron chi connectivity index (χ0n) is 18.3. The van der Waals surface area contributed by atoms with Crippen LogP contribution in [0.1, 0.15) is 34.6 Å². The van der Waals surface area contributed by atoms with E-state index in [0.29, 0.717) is 5.75 Å². The molecule has 172 valence electrons. The molecule has 1 fully saturated rings. The molecule has 1 saturated heterocycles.